The molecule has 3 rings (SSSR count). The Balaban J connectivity index is 1.85. The van der Waals surface area contributed by atoms with Gasteiger partial charge in [0.05, 0.1) is 11.9 Å². The molecule has 3 aromatic rings. The molecule has 7 nitrogen and oxygen atoms in total. The van der Waals surface area contributed by atoms with Crippen LogP contribution in [-0.2, 0) is 11.3 Å². The van der Waals surface area contributed by atoms with E-state index in [0.29, 0.717) is 22.8 Å². The lowest BCUT2D eigenvalue weighted by Crippen LogP contribution is -2.11. The Labute approximate surface area is 139 Å². The predicted octanol–water partition coefficient (Wildman–Crippen LogP) is 3.04. The summed E-state index contributed by atoms with van der Waals surface area (Å²) >= 11 is 0. The molecule has 0 bridgehead atoms. The summed E-state index contributed by atoms with van der Waals surface area (Å²) in [6, 6.07) is 7.27. The fourth-order valence-electron chi connectivity index (χ4n) is 2.44. The molecule has 0 fully saturated rings. The van der Waals surface area contributed by atoms with Crippen LogP contribution in [0.3, 0.4) is 0 Å². The molecule has 124 valence electrons. The molecule has 0 N–H and O–H groups in total. The van der Waals surface area contributed by atoms with Gasteiger partial charge in [0.1, 0.15) is 23.6 Å². The molecule has 7 heteroatoms. The number of nitrogens with zero attached hydrogens (tertiary/aromatic N) is 4. The fourth-order valence-corrected chi connectivity index (χ4v) is 2.44. The molecule has 0 aromatic carbocycles. The average molecular weight is 326 g/mol. The minimum atomic E-state index is -0.443. The quantitative estimate of drug-likeness (QED) is 0.670. The van der Waals surface area contributed by atoms with Crippen molar-refractivity contribution in [2.24, 2.45) is 0 Å². The van der Waals surface area contributed by atoms with E-state index in [-0.39, 0.29) is 12.5 Å². The van der Waals surface area contributed by atoms with E-state index >= 15 is 0 Å². The zero-order valence-electron chi connectivity index (χ0n) is 13.8. The van der Waals surface area contributed by atoms with Crippen LogP contribution in [0.2, 0.25) is 0 Å². The van der Waals surface area contributed by atoms with Gasteiger partial charge in [-0.2, -0.15) is 5.10 Å². The van der Waals surface area contributed by atoms with E-state index in [2.05, 4.69) is 15.2 Å². The highest BCUT2D eigenvalue weighted by Crippen LogP contribution is 2.23. The summed E-state index contributed by atoms with van der Waals surface area (Å²) < 4.78 is 12.0. The summed E-state index contributed by atoms with van der Waals surface area (Å²) in [6.45, 7) is 5.83. The molecule has 0 atom stereocenters. The van der Waals surface area contributed by atoms with E-state index in [1.165, 1.54) is 6.20 Å². The third kappa shape index (κ3) is 3.19. The van der Waals surface area contributed by atoms with Crippen molar-refractivity contribution in [3.63, 3.8) is 0 Å². The van der Waals surface area contributed by atoms with Gasteiger partial charge in [-0.25, -0.2) is 14.5 Å². The lowest BCUT2D eigenvalue weighted by Gasteiger charge is -2.11. The lowest BCUT2D eigenvalue weighted by atomic mass is 10.1. The average Bonchev–Trinajstić information content (AvgIpc) is 3.19. The van der Waals surface area contributed by atoms with Gasteiger partial charge in [0.25, 0.3) is 0 Å². The van der Waals surface area contributed by atoms with Crippen molar-refractivity contribution in [1.82, 2.24) is 19.9 Å². The Morgan fingerprint density at radius 3 is 2.83 bits per heavy atom. The molecule has 3 aromatic heterocycles. The molecule has 0 aliphatic heterocycles. The van der Waals surface area contributed by atoms with Crippen LogP contribution in [0, 0.1) is 6.92 Å². The van der Waals surface area contributed by atoms with Gasteiger partial charge in [0, 0.05) is 12.3 Å². The van der Waals surface area contributed by atoms with Crippen LogP contribution in [0.1, 0.15) is 47.3 Å². The first-order valence-electron chi connectivity index (χ1n) is 7.65. The number of carbonyl (C=O) groups excluding carboxylic acids is 1. The molecule has 0 amide bonds. The van der Waals surface area contributed by atoms with Crippen molar-refractivity contribution < 1.29 is 14.1 Å². The van der Waals surface area contributed by atoms with Crippen molar-refractivity contribution in [2.45, 2.75) is 33.3 Å². The maximum Gasteiger partial charge on any atom is 0.342 e. The molecule has 0 saturated carbocycles. The Morgan fingerprint density at radius 1 is 1.38 bits per heavy atom. The standard InChI is InChI=1S/C17H18N4O3/c1-11(2)16-14(9-19-21(16)15-6-4-5-7-18-15)17(22)23-10-13-8-12(3)24-20-13/h4-9,11H,10H2,1-3H3. The highest BCUT2D eigenvalue weighted by atomic mass is 16.5. The van der Waals surface area contributed by atoms with E-state index in [4.69, 9.17) is 9.26 Å². The van der Waals surface area contributed by atoms with Crippen LogP contribution >= 0.6 is 0 Å². The number of aryl methyl sites for hydroxylation is 1. The summed E-state index contributed by atoms with van der Waals surface area (Å²) in [7, 11) is 0. The van der Waals surface area contributed by atoms with Crippen LogP contribution in [0.15, 0.2) is 41.2 Å². The van der Waals surface area contributed by atoms with Gasteiger partial charge in [-0.1, -0.05) is 25.1 Å². The smallest absolute Gasteiger partial charge is 0.342 e. The zero-order valence-corrected chi connectivity index (χ0v) is 13.8. The number of ether oxygens (including phenoxy) is 1. The zero-order chi connectivity index (χ0) is 17.1. The van der Waals surface area contributed by atoms with Crippen molar-refractivity contribution >= 4 is 5.97 Å². The van der Waals surface area contributed by atoms with Crippen LogP contribution in [0.25, 0.3) is 5.82 Å². The third-order valence-corrected chi connectivity index (χ3v) is 3.47. The van der Waals surface area contributed by atoms with Crippen molar-refractivity contribution in [1.29, 1.82) is 0 Å². The minimum absolute atomic E-state index is 0.0580. The second-order valence-corrected chi connectivity index (χ2v) is 5.70. The Morgan fingerprint density at radius 2 is 2.21 bits per heavy atom. The highest BCUT2D eigenvalue weighted by Gasteiger charge is 2.22. The Bertz CT molecular complexity index is 837. The topological polar surface area (TPSA) is 83.0 Å². The third-order valence-electron chi connectivity index (χ3n) is 3.47. The molecular weight excluding hydrogens is 308 g/mol. The Hall–Kier alpha value is -2.96. The second kappa shape index (κ2) is 6.66. The molecule has 0 unspecified atom stereocenters. The van der Waals surface area contributed by atoms with Gasteiger partial charge in [-0.05, 0) is 25.0 Å². The normalized spacial score (nSPS) is 11.0. The number of hydrogen-bond donors (Lipinski definition) is 0. The first kappa shape index (κ1) is 15.9. The van der Waals surface area contributed by atoms with Gasteiger partial charge in [-0.3, -0.25) is 0 Å². The monoisotopic (exact) mass is 326 g/mol. The molecule has 3 heterocycles. The van der Waals surface area contributed by atoms with Gasteiger partial charge >= 0.3 is 5.97 Å². The Kier molecular flexibility index (Phi) is 4.41. The van der Waals surface area contributed by atoms with E-state index < -0.39 is 5.97 Å². The largest absolute Gasteiger partial charge is 0.455 e. The molecule has 0 spiro atoms. The SMILES string of the molecule is Cc1cc(COC(=O)c2cnn(-c3ccccn3)c2C(C)C)no1. The number of pyridine rings is 1. The van der Waals surface area contributed by atoms with Crippen molar-refractivity contribution in [3.8, 4) is 5.82 Å². The van der Waals surface area contributed by atoms with E-state index in [0.717, 1.165) is 5.69 Å². The molecule has 24 heavy (non-hydrogen) atoms. The van der Waals surface area contributed by atoms with Gasteiger partial charge in [0.2, 0.25) is 0 Å². The molecule has 0 aliphatic carbocycles. The number of rotatable bonds is 5. The van der Waals surface area contributed by atoms with Crippen LogP contribution < -0.4 is 0 Å². The van der Waals surface area contributed by atoms with E-state index in [1.54, 1.807) is 23.9 Å². The summed E-state index contributed by atoms with van der Waals surface area (Å²) in [6.07, 6.45) is 3.20. The van der Waals surface area contributed by atoms with Crippen LogP contribution in [0.4, 0.5) is 0 Å². The summed E-state index contributed by atoms with van der Waals surface area (Å²) in [5.41, 5.74) is 1.76. The van der Waals surface area contributed by atoms with Gasteiger partial charge in [0.15, 0.2) is 5.82 Å². The maximum atomic E-state index is 12.4. The lowest BCUT2D eigenvalue weighted by molar-refractivity contribution is 0.0462. The first-order chi connectivity index (χ1) is 11.6. The van der Waals surface area contributed by atoms with Crippen LogP contribution in [-0.4, -0.2) is 25.9 Å². The van der Waals surface area contributed by atoms with Crippen molar-refractivity contribution in [2.75, 3.05) is 0 Å². The molecule has 0 radical (unpaired) electrons. The van der Waals surface area contributed by atoms with Crippen molar-refractivity contribution in [3.05, 3.63) is 59.4 Å². The summed E-state index contributed by atoms with van der Waals surface area (Å²) in [5.74, 6) is 0.965. The fraction of sp³-hybridized carbons (Fsp3) is 0.294. The summed E-state index contributed by atoms with van der Waals surface area (Å²) in [5, 5.41) is 8.12. The highest BCUT2D eigenvalue weighted by molar-refractivity contribution is 5.90. The first-order valence-corrected chi connectivity index (χ1v) is 7.65. The second-order valence-electron chi connectivity index (χ2n) is 5.70. The van der Waals surface area contributed by atoms with E-state index in [9.17, 15) is 4.79 Å². The number of carbonyl (C=O) groups is 1. The van der Waals surface area contributed by atoms with Gasteiger partial charge < -0.3 is 9.26 Å². The molecular formula is C17H18N4O3. The van der Waals surface area contributed by atoms with Crippen LogP contribution in [0.5, 0.6) is 0 Å². The minimum Gasteiger partial charge on any atom is -0.455 e. The number of aromatic nitrogens is 4. The summed E-state index contributed by atoms with van der Waals surface area (Å²) in [4.78, 5) is 16.7. The predicted molar refractivity (Wildman–Crippen MR) is 85.8 cm³/mol. The van der Waals surface area contributed by atoms with Gasteiger partial charge in [-0.15, -0.1) is 0 Å². The number of hydrogen-bond acceptors (Lipinski definition) is 6. The molecule has 0 saturated heterocycles. The van der Waals surface area contributed by atoms with E-state index in [1.807, 2.05) is 32.0 Å². The number of esters is 1. The molecule has 0 aliphatic rings. The maximum absolute atomic E-state index is 12.4.